The Hall–Kier alpha value is -2.53. The summed E-state index contributed by atoms with van der Waals surface area (Å²) in [6, 6.07) is 13.2. The highest BCUT2D eigenvalue weighted by molar-refractivity contribution is 6.32. The van der Waals surface area contributed by atoms with Gasteiger partial charge in [-0.25, -0.2) is 4.68 Å². The fourth-order valence-electron chi connectivity index (χ4n) is 2.65. The van der Waals surface area contributed by atoms with Gasteiger partial charge in [0.15, 0.2) is 0 Å². The van der Waals surface area contributed by atoms with Crippen LogP contribution < -0.4 is 5.32 Å². The van der Waals surface area contributed by atoms with Crippen molar-refractivity contribution in [2.75, 3.05) is 0 Å². The SMILES string of the molecule is CC(C)[C@H](C)NC(=O)c1cc(-c2cccn2C)nn1-c1ccccc1Cl. The lowest BCUT2D eigenvalue weighted by atomic mass is 10.1. The number of hydrogen-bond donors (Lipinski definition) is 1. The lowest BCUT2D eigenvalue weighted by Crippen LogP contribution is -2.37. The molecule has 2 heterocycles. The predicted molar refractivity (Wildman–Crippen MR) is 105 cm³/mol. The molecule has 1 amide bonds. The molecule has 1 N–H and O–H groups in total. The van der Waals surface area contributed by atoms with E-state index in [4.69, 9.17) is 11.6 Å². The van der Waals surface area contributed by atoms with Crippen LogP contribution >= 0.6 is 11.6 Å². The zero-order chi connectivity index (χ0) is 18.8. The number of halogens is 1. The number of nitrogens with zero attached hydrogens (tertiary/aromatic N) is 3. The molecule has 1 atom stereocenters. The normalized spacial score (nSPS) is 12.4. The third-order valence-electron chi connectivity index (χ3n) is 4.59. The van der Waals surface area contributed by atoms with E-state index >= 15 is 0 Å². The molecule has 0 aliphatic carbocycles. The van der Waals surface area contributed by atoms with Crippen molar-refractivity contribution in [3.05, 3.63) is 59.4 Å². The Labute approximate surface area is 158 Å². The molecule has 0 spiro atoms. The Morgan fingerprint density at radius 3 is 2.50 bits per heavy atom. The van der Waals surface area contributed by atoms with Gasteiger partial charge in [0, 0.05) is 19.3 Å². The van der Waals surface area contributed by atoms with Crippen molar-refractivity contribution in [1.82, 2.24) is 19.7 Å². The van der Waals surface area contributed by atoms with Crippen molar-refractivity contribution >= 4 is 17.5 Å². The van der Waals surface area contributed by atoms with E-state index in [1.165, 1.54) is 0 Å². The van der Waals surface area contributed by atoms with Gasteiger partial charge in [-0.05, 0) is 43.2 Å². The van der Waals surface area contributed by atoms with Crippen LogP contribution in [0.1, 0.15) is 31.3 Å². The Morgan fingerprint density at radius 1 is 1.15 bits per heavy atom. The molecule has 136 valence electrons. The summed E-state index contributed by atoms with van der Waals surface area (Å²) in [5, 5.41) is 8.26. The van der Waals surface area contributed by atoms with Gasteiger partial charge in [0.1, 0.15) is 11.4 Å². The van der Waals surface area contributed by atoms with Crippen molar-refractivity contribution in [3.8, 4) is 17.1 Å². The predicted octanol–water partition coefficient (Wildman–Crippen LogP) is 4.31. The lowest BCUT2D eigenvalue weighted by Gasteiger charge is -2.17. The Morgan fingerprint density at radius 2 is 1.88 bits per heavy atom. The third kappa shape index (κ3) is 3.53. The molecule has 0 saturated carbocycles. The second-order valence-corrected chi connectivity index (χ2v) is 7.20. The van der Waals surface area contributed by atoms with Crippen LogP contribution in [0.2, 0.25) is 5.02 Å². The Balaban J connectivity index is 2.09. The molecular formula is C20H23ClN4O. The molecule has 6 heteroatoms. The van der Waals surface area contributed by atoms with E-state index in [-0.39, 0.29) is 11.9 Å². The third-order valence-corrected chi connectivity index (χ3v) is 4.91. The zero-order valence-corrected chi connectivity index (χ0v) is 16.2. The van der Waals surface area contributed by atoms with Gasteiger partial charge in [-0.15, -0.1) is 0 Å². The topological polar surface area (TPSA) is 51.9 Å². The van der Waals surface area contributed by atoms with Crippen molar-refractivity contribution in [1.29, 1.82) is 0 Å². The Kier molecular flexibility index (Phi) is 5.18. The number of carbonyl (C=O) groups is 1. The first-order valence-electron chi connectivity index (χ1n) is 8.66. The first kappa shape index (κ1) is 18.3. The fraction of sp³-hybridized carbons (Fsp3) is 0.300. The number of carbonyl (C=O) groups excluding carboxylic acids is 1. The maximum Gasteiger partial charge on any atom is 0.270 e. The van der Waals surface area contributed by atoms with Gasteiger partial charge >= 0.3 is 0 Å². The van der Waals surface area contributed by atoms with Gasteiger partial charge in [-0.1, -0.05) is 37.6 Å². The van der Waals surface area contributed by atoms with E-state index in [1.807, 2.05) is 55.1 Å². The van der Waals surface area contributed by atoms with Crippen LogP contribution in [0.15, 0.2) is 48.7 Å². The largest absolute Gasteiger partial charge is 0.349 e. The van der Waals surface area contributed by atoms with Crippen LogP contribution in [0.25, 0.3) is 17.1 Å². The molecule has 26 heavy (non-hydrogen) atoms. The number of amides is 1. The molecule has 2 aromatic heterocycles. The van der Waals surface area contributed by atoms with Crippen LogP contribution in [-0.4, -0.2) is 26.3 Å². The van der Waals surface area contributed by atoms with Crippen LogP contribution in [-0.2, 0) is 7.05 Å². The monoisotopic (exact) mass is 370 g/mol. The summed E-state index contributed by atoms with van der Waals surface area (Å²) in [6.07, 6.45) is 1.95. The smallest absolute Gasteiger partial charge is 0.270 e. The van der Waals surface area contributed by atoms with Gasteiger partial charge in [0.25, 0.3) is 5.91 Å². The average Bonchev–Trinajstić information content (AvgIpc) is 3.21. The molecule has 3 aromatic rings. The summed E-state index contributed by atoms with van der Waals surface area (Å²) in [7, 11) is 1.95. The maximum atomic E-state index is 12.9. The highest BCUT2D eigenvalue weighted by Gasteiger charge is 2.21. The van der Waals surface area contributed by atoms with Gasteiger partial charge in [-0.3, -0.25) is 4.79 Å². The molecule has 0 bridgehead atoms. The van der Waals surface area contributed by atoms with Crippen LogP contribution in [0.5, 0.6) is 0 Å². The Bertz CT molecular complexity index is 926. The van der Waals surface area contributed by atoms with E-state index in [1.54, 1.807) is 16.8 Å². The van der Waals surface area contributed by atoms with Gasteiger partial charge < -0.3 is 9.88 Å². The van der Waals surface area contributed by atoms with E-state index in [0.717, 1.165) is 11.4 Å². The molecule has 0 radical (unpaired) electrons. The minimum Gasteiger partial charge on any atom is -0.349 e. The highest BCUT2D eigenvalue weighted by Crippen LogP contribution is 2.25. The molecule has 0 fully saturated rings. The summed E-state index contributed by atoms with van der Waals surface area (Å²) in [5.41, 5.74) is 2.79. The van der Waals surface area contributed by atoms with Crippen molar-refractivity contribution in [2.24, 2.45) is 13.0 Å². The van der Waals surface area contributed by atoms with E-state index < -0.39 is 0 Å². The maximum absolute atomic E-state index is 12.9. The minimum absolute atomic E-state index is 0.0515. The van der Waals surface area contributed by atoms with Crippen molar-refractivity contribution < 1.29 is 4.79 Å². The fourth-order valence-corrected chi connectivity index (χ4v) is 2.87. The van der Waals surface area contributed by atoms with E-state index in [9.17, 15) is 4.79 Å². The number of nitrogens with one attached hydrogen (secondary N) is 1. The minimum atomic E-state index is -0.168. The zero-order valence-electron chi connectivity index (χ0n) is 15.4. The molecule has 1 aromatic carbocycles. The second kappa shape index (κ2) is 7.38. The number of benzene rings is 1. The molecule has 5 nitrogen and oxygen atoms in total. The summed E-state index contributed by atoms with van der Waals surface area (Å²) in [4.78, 5) is 12.9. The van der Waals surface area contributed by atoms with Gasteiger partial charge in [-0.2, -0.15) is 5.10 Å². The number of aryl methyl sites for hydroxylation is 1. The van der Waals surface area contributed by atoms with E-state index in [2.05, 4.69) is 24.3 Å². The number of rotatable bonds is 5. The highest BCUT2D eigenvalue weighted by atomic mass is 35.5. The van der Waals surface area contributed by atoms with Crippen LogP contribution in [0.4, 0.5) is 0 Å². The second-order valence-electron chi connectivity index (χ2n) is 6.79. The van der Waals surface area contributed by atoms with Gasteiger partial charge in [0.2, 0.25) is 0 Å². The molecular weight excluding hydrogens is 348 g/mol. The summed E-state index contributed by atoms with van der Waals surface area (Å²) in [5.74, 6) is 0.169. The molecule has 0 unspecified atom stereocenters. The van der Waals surface area contributed by atoms with Gasteiger partial charge in [0.05, 0.1) is 16.4 Å². The standard InChI is InChI=1S/C20H23ClN4O/c1-13(2)14(3)22-20(26)19-12-16(18-10-7-11-24(18)4)23-25(19)17-9-6-5-8-15(17)21/h5-14H,1-4H3,(H,22,26)/t14-/m0/s1. The van der Waals surface area contributed by atoms with Crippen molar-refractivity contribution in [2.45, 2.75) is 26.8 Å². The molecule has 0 aliphatic heterocycles. The number of aromatic nitrogens is 3. The van der Waals surface area contributed by atoms with E-state index in [0.29, 0.717) is 22.3 Å². The summed E-state index contributed by atoms with van der Waals surface area (Å²) >= 11 is 6.36. The number of para-hydroxylation sites is 1. The quantitative estimate of drug-likeness (QED) is 0.727. The summed E-state index contributed by atoms with van der Waals surface area (Å²) < 4.78 is 3.59. The first-order valence-corrected chi connectivity index (χ1v) is 9.04. The first-order chi connectivity index (χ1) is 12.4. The molecule has 0 aliphatic rings. The molecule has 0 saturated heterocycles. The lowest BCUT2D eigenvalue weighted by molar-refractivity contribution is 0.0922. The van der Waals surface area contributed by atoms with Crippen molar-refractivity contribution in [3.63, 3.8) is 0 Å². The molecule has 3 rings (SSSR count). The average molecular weight is 371 g/mol. The number of hydrogen-bond acceptors (Lipinski definition) is 2. The van der Waals surface area contributed by atoms with Crippen LogP contribution in [0.3, 0.4) is 0 Å². The van der Waals surface area contributed by atoms with Crippen LogP contribution in [0, 0.1) is 5.92 Å². The summed E-state index contributed by atoms with van der Waals surface area (Å²) in [6.45, 7) is 6.15.